The summed E-state index contributed by atoms with van der Waals surface area (Å²) in [5.74, 6) is 0.168. The molecule has 0 saturated carbocycles. The topological polar surface area (TPSA) is 21.3 Å². The van der Waals surface area contributed by atoms with Crippen molar-refractivity contribution in [3.05, 3.63) is 24.1 Å². The molecule has 0 aromatic heterocycles. The van der Waals surface area contributed by atoms with Gasteiger partial charge in [-0.15, -0.1) is 0 Å². The highest BCUT2D eigenvalue weighted by atomic mass is 19.3. The molecule has 0 radical (unpaired) electrons. The van der Waals surface area contributed by atoms with Gasteiger partial charge in [0.2, 0.25) is 0 Å². The van der Waals surface area contributed by atoms with Crippen LogP contribution in [0.1, 0.15) is 0 Å². The molecule has 0 aromatic rings. The molecule has 0 amide bonds. The second-order valence-electron chi connectivity index (χ2n) is 1.74. The van der Waals surface area contributed by atoms with Crippen molar-refractivity contribution in [2.75, 3.05) is 6.54 Å². The maximum atomic E-state index is 11.5. The molecule has 0 unspecified atom stereocenters. The van der Waals surface area contributed by atoms with Crippen molar-refractivity contribution in [1.29, 1.82) is 0 Å². The lowest BCUT2D eigenvalue weighted by molar-refractivity contribution is -0.0926. The molecule has 2 nitrogen and oxygen atoms in total. The van der Waals surface area contributed by atoms with Gasteiger partial charge in [0.1, 0.15) is 5.76 Å². The smallest absolute Gasteiger partial charge is 0.387 e. The lowest BCUT2D eigenvalue weighted by Gasteiger charge is -2.08. The highest BCUT2D eigenvalue weighted by Gasteiger charge is 2.04. The molecule has 1 rings (SSSR count). The van der Waals surface area contributed by atoms with Gasteiger partial charge in [0.15, 0.2) is 0 Å². The first kappa shape index (κ1) is 7.05. The van der Waals surface area contributed by atoms with E-state index in [0.29, 0.717) is 6.54 Å². The summed E-state index contributed by atoms with van der Waals surface area (Å²) in [6.45, 7) is -2.08. The van der Waals surface area contributed by atoms with Crippen LogP contribution in [0.15, 0.2) is 24.1 Å². The summed E-state index contributed by atoms with van der Waals surface area (Å²) < 4.78 is 27.1. The molecule has 1 N–H and O–H groups in total. The fourth-order valence-corrected chi connectivity index (χ4v) is 0.627. The maximum Gasteiger partial charge on any atom is 0.387 e. The highest BCUT2D eigenvalue weighted by molar-refractivity contribution is 5.15. The minimum absolute atomic E-state index is 0.168. The van der Waals surface area contributed by atoms with Crippen LogP contribution in [0.3, 0.4) is 0 Å². The summed E-state index contributed by atoms with van der Waals surface area (Å²) in [7, 11) is 0. The van der Waals surface area contributed by atoms with Gasteiger partial charge in [-0.2, -0.15) is 8.78 Å². The number of rotatable bonds is 2. The molecule has 4 heteroatoms. The normalized spacial score (nSPS) is 16.5. The van der Waals surface area contributed by atoms with E-state index in [1.54, 1.807) is 6.08 Å². The van der Waals surface area contributed by atoms with Crippen LogP contribution in [-0.2, 0) is 4.74 Å². The first-order valence-corrected chi connectivity index (χ1v) is 2.84. The summed E-state index contributed by atoms with van der Waals surface area (Å²) in [5.41, 5.74) is 0. The van der Waals surface area contributed by atoms with E-state index < -0.39 is 6.61 Å². The second-order valence-corrected chi connectivity index (χ2v) is 1.74. The molecular weight excluding hydrogens is 140 g/mol. The fourth-order valence-electron chi connectivity index (χ4n) is 0.627. The lowest BCUT2D eigenvalue weighted by atomic mass is 10.4. The Morgan fingerprint density at radius 3 is 2.90 bits per heavy atom. The van der Waals surface area contributed by atoms with Crippen LogP contribution in [-0.4, -0.2) is 13.2 Å². The van der Waals surface area contributed by atoms with E-state index in [1.807, 2.05) is 0 Å². The van der Waals surface area contributed by atoms with Gasteiger partial charge in [0.05, 0.1) is 0 Å². The van der Waals surface area contributed by atoms with Crippen LogP contribution in [0.25, 0.3) is 0 Å². The molecule has 1 aliphatic rings. The molecular formula is C6H7F2NO. The van der Waals surface area contributed by atoms with Crippen LogP contribution in [0, 0.1) is 0 Å². The summed E-state index contributed by atoms with van der Waals surface area (Å²) >= 11 is 0. The molecule has 1 heterocycles. The van der Waals surface area contributed by atoms with E-state index in [9.17, 15) is 8.78 Å². The lowest BCUT2D eigenvalue weighted by Crippen LogP contribution is -2.11. The quantitative estimate of drug-likeness (QED) is 0.634. The predicted octanol–water partition coefficient (Wildman–Crippen LogP) is 1.23. The number of halogens is 2. The third-order valence-corrected chi connectivity index (χ3v) is 0.987. The fraction of sp³-hybridized carbons (Fsp3) is 0.333. The van der Waals surface area contributed by atoms with Gasteiger partial charge in [0.25, 0.3) is 0 Å². The van der Waals surface area contributed by atoms with Gasteiger partial charge in [-0.3, -0.25) is 0 Å². The average Bonchev–Trinajstić information content (AvgIpc) is 1.88. The van der Waals surface area contributed by atoms with Crippen molar-refractivity contribution in [2.45, 2.75) is 6.61 Å². The van der Waals surface area contributed by atoms with Gasteiger partial charge in [-0.1, -0.05) is 6.08 Å². The SMILES string of the molecule is FC(F)OC1=CNCC=C1. The number of hydrogen-bond acceptors (Lipinski definition) is 2. The third-order valence-electron chi connectivity index (χ3n) is 0.987. The van der Waals surface area contributed by atoms with Crippen LogP contribution >= 0.6 is 0 Å². The van der Waals surface area contributed by atoms with Crippen molar-refractivity contribution in [3.63, 3.8) is 0 Å². The Bertz CT molecular complexity index is 165. The zero-order chi connectivity index (χ0) is 7.40. The second kappa shape index (κ2) is 3.20. The zero-order valence-electron chi connectivity index (χ0n) is 5.18. The van der Waals surface area contributed by atoms with E-state index in [0.717, 1.165) is 0 Å². The zero-order valence-corrected chi connectivity index (χ0v) is 5.18. The van der Waals surface area contributed by atoms with Gasteiger partial charge in [-0.25, -0.2) is 0 Å². The number of hydrogen-bond donors (Lipinski definition) is 1. The monoisotopic (exact) mass is 147 g/mol. The van der Waals surface area contributed by atoms with E-state index >= 15 is 0 Å². The van der Waals surface area contributed by atoms with Gasteiger partial charge in [0, 0.05) is 12.7 Å². The van der Waals surface area contributed by atoms with E-state index in [2.05, 4.69) is 10.1 Å². The van der Waals surface area contributed by atoms with E-state index in [-0.39, 0.29) is 5.76 Å². The van der Waals surface area contributed by atoms with Crippen LogP contribution in [0.2, 0.25) is 0 Å². The maximum absolute atomic E-state index is 11.5. The van der Waals surface area contributed by atoms with Crippen LogP contribution < -0.4 is 5.32 Å². The van der Waals surface area contributed by atoms with E-state index in [4.69, 9.17) is 0 Å². The minimum atomic E-state index is -2.74. The summed E-state index contributed by atoms with van der Waals surface area (Å²) in [6.07, 6.45) is 4.62. The van der Waals surface area contributed by atoms with Crippen LogP contribution in [0.4, 0.5) is 8.78 Å². The average molecular weight is 147 g/mol. The predicted molar refractivity (Wildman–Crippen MR) is 32.3 cm³/mol. The molecule has 0 aliphatic carbocycles. The number of nitrogens with one attached hydrogen (secondary N) is 1. The van der Waals surface area contributed by atoms with Crippen molar-refractivity contribution in [1.82, 2.24) is 5.32 Å². The minimum Gasteiger partial charge on any atom is -0.433 e. The molecule has 56 valence electrons. The molecule has 1 aliphatic heterocycles. The van der Waals surface area contributed by atoms with Crippen molar-refractivity contribution in [3.8, 4) is 0 Å². The number of dihydropyridines is 1. The molecule has 0 spiro atoms. The number of alkyl halides is 2. The van der Waals surface area contributed by atoms with Gasteiger partial charge in [-0.05, 0) is 6.08 Å². The Kier molecular flexibility index (Phi) is 2.25. The highest BCUT2D eigenvalue weighted by Crippen LogP contribution is 2.07. The Labute approximate surface area is 57.2 Å². The van der Waals surface area contributed by atoms with Crippen LogP contribution in [0.5, 0.6) is 0 Å². The largest absolute Gasteiger partial charge is 0.433 e. The molecule has 0 atom stereocenters. The molecule has 0 aromatic carbocycles. The molecule has 0 bridgehead atoms. The summed E-state index contributed by atoms with van der Waals surface area (Å²) in [4.78, 5) is 0. The van der Waals surface area contributed by atoms with Gasteiger partial charge < -0.3 is 10.1 Å². The number of ether oxygens (including phenoxy) is 1. The van der Waals surface area contributed by atoms with Crippen molar-refractivity contribution < 1.29 is 13.5 Å². The number of allylic oxidation sites excluding steroid dienone is 1. The van der Waals surface area contributed by atoms with E-state index in [1.165, 1.54) is 12.3 Å². The first-order chi connectivity index (χ1) is 4.79. The van der Waals surface area contributed by atoms with Crippen molar-refractivity contribution in [2.24, 2.45) is 0 Å². The third kappa shape index (κ3) is 2.05. The molecule has 10 heavy (non-hydrogen) atoms. The van der Waals surface area contributed by atoms with Crippen molar-refractivity contribution >= 4 is 0 Å². The Morgan fingerprint density at radius 1 is 1.60 bits per heavy atom. The van der Waals surface area contributed by atoms with Gasteiger partial charge >= 0.3 is 6.61 Å². The first-order valence-electron chi connectivity index (χ1n) is 2.84. The Hall–Kier alpha value is -1.06. The standard InChI is InChI=1S/C6H7F2NO/c7-6(8)10-5-2-1-3-9-4-5/h1-2,4,6,9H,3H2. The molecule has 0 fully saturated rings. The summed E-state index contributed by atoms with van der Waals surface area (Å²) in [6, 6.07) is 0. The summed E-state index contributed by atoms with van der Waals surface area (Å²) in [5, 5.41) is 2.73. The Balaban J connectivity index is 2.40. The molecule has 0 saturated heterocycles. The Morgan fingerprint density at radius 2 is 2.40 bits per heavy atom.